The van der Waals surface area contributed by atoms with E-state index in [2.05, 4.69) is 5.32 Å². The molecular formula is C19H18N2O4. The first-order valence-corrected chi connectivity index (χ1v) is 7.70. The van der Waals surface area contributed by atoms with Crippen molar-refractivity contribution in [2.45, 2.75) is 6.42 Å². The molecule has 1 amide bonds. The Morgan fingerprint density at radius 3 is 2.52 bits per heavy atom. The fraction of sp³-hybridized carbons (Fsp3) is 0.211. The lowest BCUT2D eigenvalue weighted by molar-refractivity contribution is -0.124. The van der Waals surface area contributed by atoms with Crippen LogP contribution in [-0.2, 0) is 16.0 Å². The number of rotatable bonds is 7. The van der Waals surface area contributed by atoms with Gasteiger partial charge in [-0.05, 0) is 42.3 Å². The molecule has 0 radical (unpaired) electrons. The number of methoxy groups -OCH3 is 1. The summed E-state index contributed by atoms with van der Waals surface area (Å²) >= 11 is 0. The van der Waals surface area contributed by atoms with Gasteiger partial charge in [-0.1, -0.05) is 18.2 Å². The van der Waals surface area contributed by atoms with Crippen LogP contribution < -0.4 is 10.1 Å². The van der Waals surface area contributed by atoms with E-state index in [1.807, 2.05) is 30.3 Å². The van der Waals surface area contributed by atoms with E-state index < -0.39 is 5.97 Å². The third kappa shape index (κ3) is 5.36. The minimum atomic E-state index is -0.607. The number of carbonyl (C=O) groups excluding carboxylic acids is 2. The zero-order valence-corrected chi connectivity index (χ0v) is 13.8. The number of hydrogen-bond donors (Lipinski definition) is 1. The molecule has 2 rings (SSSR count). The molecule has 2 aromatic rings. The average molecular weight is 338 g/mol. The standard InChI is InChI=1S/C19H18N2O4/c1-24-17-5-3-2-4-15(17)10-11-21-18(22)13-25-19(23)16-8-6-14(12-20)7-9-16/h2-9H,10-11,13H2,1H3,(H,21,22). The van der Waals surface area contributed by atoms with Crippen LogP contribution in [0.3, 0.4) is 0 Å². The Morgan fingerprint density at radius 2 is 1.84 bits per heavy atom. The van der Waals surface area contributed by atoms with Gasteiger partial charge in [-0.2, -0.15) is 5.26 Å². The van der Waals surface area contributed by atoms with Crippen LogP contribution in [0.15, 0.2) is 48.5 Å². The van der Waals surface area contributed by atoms with Gasteiger partial charge in [-0.25, -0.2) is 4.79 Å². The van der Waals surface area contributed by atoms with Gasteiger partial charge in [-0.15, -0.1) is 0 Å². The van der Waals surface area contributed by atoms with Gasteiger partial charge in [-0.3, -0.25) is 4.79 Å². The third-order valence-corrected chi connectivity index (χ3v) is 3.49. The summed E-state index contributed by atoms with van der Waals surface area (Å²) in [6.45, 7) is 0.0540. The first kappa shape index (κ1) is 18.0. The van der Waals surface area contributed by atoms with Crippen LogP contribution in [0, 0.1) is 11.3 Å². The molecule has 2 aromatic carbocycles. The summed E-state index contributed by atoms with van der Waals surface area (Å²) in [4.78, 5) is 23.6. The molecule has 0 aliphatic carbocycles. The van der Waals surface area contributed by atoms with Crippen molar-refractivity contribution >= 4 is 11.9 Å². The maximum Gasteiger partial charge on any atom is 0.338 e. The Balaban J connectivity index is 1.75. The highest BCUT2D eigenvalue weighted by atomic mass is 16.5. The van der Waals surface area contributed by atoms with Crippen molar-refractivity contribution in [1.82, 2.24) is 5.32 Å². The summed E-state index contributed by atoms with van der Waals surface area (Å²) in [5, 5.41) is 11.4. The van der Waals surface area contributed by atoms with Gasteiger partial charge in [0.2, 0.25) is 0 Å². The van der Waals surface area contributed by atoms with E-state index in [0.29, 0.717) is 24.1 Å². The fourth-order valence-electron chi connectivity index (χ4n) is 2.19. The van der Waals surface area contributed by atoms with Crippen LogP contribution in [0.2, 0.25) is 0 Å². The highest BCUT2D eigenvalue weighted by molar-refractivity contribution is 5.91. The molecule has 0 aliphatic rings. The molecule has 0 bridgehead atoms. The van der Waals surface area contributed by atoms with Gasteiger partial charge in [0.05, 0.1) is 24.3 Å². The van der Waals surface area contributed by atoms with Crippen LogP contribution in [0.25, 0.3) is 0 Å². The van der Waals surface area contributed by atoms with Gasteiger partial charge in [0, 0.05) is 6.54 Å². The van der Waals surface area contributed by atoms with Crippen LogP contribution in [-0.4, -0.2) is 32.1 Å². The van der Waals surface area contributed by atoms with Crippen LogP contribution >= 0.6 is 0 Å². The second-order valence-corrected chi connectivity index (χ2v) is 5.18. The molecule has 0 heterocycles. The molecule has 0 spiro atoms. The van der Waals surface area contributed by atoms with E-state index >= 15 is 0 Å². The first-order valence-electron chi connectivity index (χ1n) is 7.70. The smallest absolute Gasteiger partial charge is 0.338 e. The highest BCUT2D eigenvalue weighted by Crippen LogP contribution is 2.17. The van der Waals surface area contributed by atoms with E-state index in [-0.39, 0.29) is 12.5 Å². The van der Waals surface area contributed by atoms with Crippen molar-refractivity contribution < 1.29 is 19.1 Å². The van der Waals surface area contributed by atoms with E-state index in [1.165, 1.54) is 24.3 Å². The maximum atomic E-state index is 11.8. The van der Waals surface area contributed by atoms with Crippen molar-refractivity contribution in [2.75, 3.05) is 20.3 Å². The Kier molecular flexibility index (Phi) is 6.55. The second-order valence-electron chi connectivity index (χ2n) is 5.18. The Labute approximate surface area is 146 Å². The summed E-state index contributed by atoms with van der Waals surface area (Å²) < 4.78 is 10.2. The SMILES string of the molecule is COc1ccccc1CCNC(=O)COC(=O)c1ccc(C#N)cc1. The number of para-hydroxylation sites is 1. The second kappa shape index (κ2) is 9.08. The normalized spacial score (nSPS) is 9.76. The molecule has 25 heavy (non-hydrogen) atoms. The van der Waals surface area contributed by atoms with Crippen molar-refractivity contribution in [3.8, 4) is 11.8 Å². The van der Waals surface area contributed by atoms with Crippen LogP contribution in [0.5, 0.6) is 5.75 Å². The molecular weight excluding hydrogens is 320 g/mol. The molecule has 0 fully saturated rings. The van der Waals surface area contributed by atoms with Crippen molar-refractivity contribution in [2.24, 2.45) is 0 Å². The maximum absolute atomic E-state index is 11.8. The Morgan fingerprint density at radius 1 is 1.12 bits per heavy atom. The monoisotopic (exact) mass is 338 g/mol. The number of benzene rings is 2. The predicted molar refractivity (Wildman–Crippen MR) is 91.1 cm³/mol. The quantitative estimate of drug-likeness (QED) is 0.781. The number of nitrogens with zero attached hydrogens (tertiary/aromatic N) is 1. The van der Waals surface area contributed by atoms with Crippen LogP contribution in [0.4, 0.5) is 0 Å². The molecule has 0 saturated heterocycles. The first-order chi connectivity index (χ1) is 12.1. The Bertz CT molecular complexity index is 779. The summed E-state index contributed by atoms with van der Waals surface area (Å²) in [5.41, 5.74) is 1.73. The molecule has 0 aromatic heterocycles. The summed E-state index contributed by atoms with van der Waals surface area (Å²) in [6.07, 6.45) is 0.610. The summed E-state index contributed by atoms with van der Waals surface area (Å²) in [7, 11) is 1.60. The topological polar surface area (TPSA) is 88.4 Å². The lowest BCUT2D eigenvalue weighted by Crippen LogP contribution is -2.30. The lowest BCUT2D eigenvalue weighted by Gasteiger charge is -2.09. The van der Waals surface area contributed by atoms with E-state index in [4.69, 9.17) is 14.7 Å². The highest BCUT2D eigenvalue weighted by Gasteiger charge is 2.10. The van der Waals surface area contributed by atoms with E-state index in [0.717, 1.165) is 11.3 Å². The number of esters is 1. The molecule has 0 aliphatic heterocycles. The minimum absolute atomic E-state index is 0.292. The number of carbonyl (C=O) groups is 2. The van der Waals surface area contributed by atoms with Crippen molar-refractivity contribution in [1.29, 1.82) is 5.26 Å². The van der Waals surface area contributed by atoms with Crippen LogP contribution in [0.1, 0.15) is 21.5 Å². The molecule has 0 saturated carbocycles. The number of amides is 1. The minimum Gasteiger partial charge on any atom is -0.496 e. The average Bonchev–Trinajstić information content (AvgIpc) is 2.66. The number of nitriles is 1. The van der Waals surface area contributed by atoms with Gasteiger partial charge in [0.15, 0.2) is 6.61 Å². The molecule has 128 valence electrons. The zero-order valence-electron chi connectivity index (χ0n) is 13.8. The largest absolute Gasteiger partial charge is 0.496 e. The van der Waals surface area contributed by atoms with Gasteiger partial charge >= 0.3 is 5.97 Å². The Hall–Kier alpha value is -3.33. The predicted octanol–water partition coefficient (Wildman–Crippen LogP) is 2.08. The molecule has 6 heteroatoms. The summed E-state index contributed by atoms with van der Waals surface area (Å²) in [5.74, 6) is -0.217. The third-order valence-electron chi connectivity index (χ3n) is 3.49. The van der Waals surface area contributed by atoms with Gasteiger partial charge in [0.1, 0.15) is 5.75 Å². The fourth-order valence-corrected chi connectivity index (χ4v) is 2.19. The van der Waals surface area contributed by atoms with E-state index in [9.17, 15) is 9.59 Å². The number of nitrogens with one attached hydrogen (secondary N) is 1. The summed E-state index contributed by atoms with van der Waals surface area (Å²) in [6, 6.07) is 15.5. The molecule has 1 N–H and O–H groups in total. The lowest BCUT2D eigenvalue weighted by atomic mass is 10.1. The number of ether oxygens (including phenoxy) is 2. The number of hydrogen-bond acceptors (Lipinski definition) is 5. The molecule has 6 nitrogen and oxygen atoms in total. The van der Waals surface area contributed by atoms with E-state index in [1.54, 1.807) is 7.11 Å². The van der Waals surface area contributed by atoms with Gasteiger partial charge in [0.25, 0.3) is 5.91 Å². The van der Waals surface area contributed by atoms with Gasteiger partial charge < -0.3 is 14.8 Å². The van der Waals surface area contributed by atoms with Crippen molar-refractivity contribution in [3.63, 3.8) is 0 Å². The van der Waals surface area contributed by atoms with Crippen molar-refractivity contribution in [3.05, 3.63) is 65.2 Å². The molecule has 0 unspecified atom stereocenters. The zero-order chi connectivity index (χ0) is 18.1. The molecule has 0 atom stereocenters.